The van der Waals surface area contributed by atoms with Crippen molar-refractivity contribution >= 4 is 5.97 Å². The summed E-state index contributed by atoms with van der Waals surface area (Å²) in [5, 5.41) is 11.8. The Balaban J connectivity index is 0.00000192. The standard InChI is InChI=1S/C20H28O2.Na/c1-13(2)14-6-8-16-15(12-14)7-9-17-19(16,3)10-5-11-20(17,4)18(21)22;/h6,8,12-13,17H,5,7,9-11H2,1-4H3,(H,21,22);/q;+1/p-1/t17-,19-,20+;/m1./s1. The van der Waals surface area contributed by atoms with E-state index in [1.165, 1.54) is 16.7 Å². The number of rotatable bonds is 2. The van der Waals surface area contributed by atoms with Gasteiger partial charge in [-0.15, -0.1) is 0 Å². The molecule has 120 valence electrons. The third-order valence-electron chi connectivity index (χ3n) is 6.51. The van der Waals surface area contributed by atoms with Gasteiger partial charge in [-0.05, 0) is 59.6 Å². The van der Waals surface area contributed by atoms with Gasteiger partial charge < -0.3 is 9.90 Å². The second-order valence-corrected chi connectivity index (χ2v) is 8.14. The van der Waals surface area contributed by atoms with Crippen molar-refractivity contribution in [3.63, 3.8) is 0 Å². The third kappa shape index (κ3) is 2.92. The fraction of sp³-hybridized carbons (Fsp3) is 0.650. The number of hydrogen-bond donors (Lipinski definition) is 0. The van der Waals surface area contributed by atoms with Gasteiger partial charge in [-0.2, -0.15) is 0 Å². The molecule has 3 rings (SSSR count). The molecule has 0 N–H and O–H groups in total. The van der Waals surface area contributed by atoms with E-state index in [2.05, 4.69) is 39.0 Å². The molecule has 2 aliphatic rings. The number of aliphatic carboxylic acids is 1. The van der Waals surface area contributed by atoms with Crippen LogP contribution in [0.3, 0.4) is 0 Å². The van der Waals surface area contributed by atoms with Crippen molar-refractivity contribution in [2.75, 3.05) is 0 Å². The average Bonchev–Trinajstić information content (AvgIpc) is 2.46. The van der Waals surface area contributed by atoms with Crippen LogP contribution in [0.2, 0.25) is 0 Å². The van der Waals surface area contributed by atoms with Gasteiger partial charge in [0, 0.05) is 11.4 Å². The number of carboxylic acid groups (broad SMARTS) is 1. The number of fused-ring (bicyclic) bond motifs is 3. The number of carbonyl (C=O) groups is 1. The monoisotopic (exact) mass is 322 g/mol. The summed E-state index contributed by atoms with van der Waals surface area (Å²) in [6, 6.07) is 6.87. The second-order valence-electron chi connectivity index (χ2n) is 8.14. The van der Waals surface area contributed by atoms with E-state index in [4.69, 9.17) is 0 Å². The van der Waals surface area contributed by atoms with E-state index in [1.807, 2.05) is 6.92 Å². The molecule has 0 saturated heterocycles. The minimum Gasteiger partial charge on any atom is -0.550 e. The molecular formula is C20H27NaO2. The zero-order valence-electron chi connectivity index (χ0n) is 15.2. The third-order valence-corrected chi connectivity index (χ3v) is 6.51. The summed E-state index contributed by atoms with van der Waals surface area (Å²) in [6.07, 6.45) is 4.79. The summed E-state index contributed by atoms with van der Waals surface area (Å²) >= 11 is 0. The first kappa shape index (κ1) is 19.0. The van der Waals surface area contributed by atoms with Crippen molar-refractivity contribution in [3.8, 4) is 0 Å². The number of carbonyl (C=O) groups excluding carboxylic acids is 1. The molecule has 0 aromatic heterocycles. The fourth-order valence-corrected chi connectivity index (χ4v) is 5.11. The smallest absolute Gasteiger partial charge is 0.550 e. The average molecular weight is 322 g/mol. The zero-order chi connectivity index (χ0) is 16.1. The maximum absolute atomic E-state index is 11.8. The molecule has 0 radical (unpaired) electrons. The Morgan fingerprint density at radius 1 is 1.26 bits per heavy atom. The van der Waals surface area contributed by atoms with Gasteiger partial charge in [0.15, 0.2) is 0 Å². The maximum Gasteiger partial charge on any atom is 1.00 e. The van der Waals surface area contributed by atoms with Crippen LogP contribution in [0, 0.1) is 11.3 Å². The van der Waals surface area contributed by atoms with Gasteiger partial charge in [0.1, 0.15) is 0 Å². The van der Waals surface area contributed by atoms with Gasteiger partial charge in [0.2, 0.25) is 0 Å². The Labute approximate surface area is 162 Å². The minimum absolute atomic E-state index is 0. The summed E-state index contributed by atoms with van der Waals surface area (Å²) in [5.41, 5.74) is 3.52. The molecule has 1 fully saturated rings. The van der Waals surface area contributed by atoms with E-state index < -0.39 is 11.4 Å². The van der Waals surface area contributed by atoms with Crippen LogP contribution in [-0.4, -0.2) is 5.97 Å². The molecule has 0 amide bonds. The van der Waals surface area contributed by atoms with E-state index in [0.717, 1.165) is 32.1 Å². The summed E-state index contributed by atoms with van der Waals surface area (Å²) in [6.45, 7) is 8.65. The van der Waals surface area contributed by atoms with Gasteiger partial charge in [-0.3, -0.25) is 0 Å². The van der Waals surface area contributed by atoms with E-state index >= 15 is 0 Å². The Hall–Kier alpha value is -0.310. The molecule has 0 unspecified atom stereocenters. The molecule has 1 aromatic rings. The Morgan fingerprint density at radius 2 is 1.96 bits per heavy atom. The Bertz CT molecular complexity index is 610. The molecule has 0 spiro atoms. The van der Waals surface area contributed by atoms with Crippen molar-refractivity contribution in [3.05, 3.63) is 34.9 Å². The van der Waals surface area contributed by atoms with Crippen molar-refractivity contribution in [2.24, 2.45) is 11.3 Å². The molecular weight excluding hydrogens is 295 g/mol. The minimum atomic E-state index is -0.856. The first-order valence-electron chi connectivity index (χ1n) is 8.64. The van der Waals surface area contributed by atoms with Crippen LogP contribution in [0.4, 0.5) is 0 Å². The molecule has 0 heterocycles. The van der Waals surface area contributed by atoms with Crippen LogP contribution >= 0.6 is 0 Å². The topological polar surface area (TPSA) is 40.1 Å². The maximum atomic E-state index is 11.8. The summed E-state index contributed by atoms with van der Waals surface area (Å²) < 4.78 is 0. The fourth-order valence-electron chi connectivity index (χ4n) is 5.11. The summed E-state index contributed by atoms with van der Waals surface area (Å²) in [5.74, 6) is -0.127. The number of benzene rings is 1. The van der Waals surface area contributed by atoms with Gasteiger partial charge in [-0.25, -0.2) is 0 Å². The zero-order valence-corrected chi connectivity index (χ0v) is 17.2. The Kier molecular flexibility index (Phi) is 5.41. The molecule has 2 nitrogen and oxygen atoms in total. The van der Waals surface area contributed by atoms with Crippen LogP contribution in [0.25, 0.3) is 0 Å². The quantitative estimate of drug-likeness (QED) is 0.747. The number of carboxylic acids is 1. The molecule has 3 atom stereocenters. The van der Waals surface area contributed by atoms with Crippen molar-refractivity contribution in [2.45, 2.75) is 71.1 Å². The predicted molar refractivity (Wildman–Crippen MR) is 86.7 cm³/mol. The van der Waals surface area contributed by atoms with E-state index in [0.29, 0.717) is 5.92 Å². The molecule has 3 heteroatoms. The SMILES string of the molecule is CC(C)c1ccc2c(c1)CC[C@H]1[C@@](C)(C(=O)[O-])CCC[C@]21C.[Na+]. The van der Waals surface area contributed by atoms with Gasteiger partial charge in [0.05, 0.1) is 0 Å². The van der Waals surface area contributed by atoms with Gasteiger partial charge in [-0.1, -0.05) is 52.3 Å². The summed E-state index contributed by atoms with van der Waals surface area (Å²) in [4.78, 5) is 11.8. The van der Waals surface area contributed by atoms with Gasteiger partial charge in [0.25, 0.3) is 0 Å². The largest absolute Gasteiger partial charge is 1.00 e. The molecule has 2 aliphatic carbocycles. The molecule has 23 heavy (non-hydrogen) atoms. The first-order valence-corrected chi connectivity index (χ1v) is 8.64. The van der Waals surface area contributed by atoms with E-state index in [1.54, 1.807) is 0 Å². The molecule has 1 aromatic carbocycles. The van der Waals surface area contributed by atoms with Crippen LogP contribution in [0.5, 0.6) is 0 Å². The molecule has 0 bridgehead atoms. The van der Waals surface area contributed by atoms with Crippen LogP contribution < -0.4 is 34.7 Å². The molecule has 1 saturated carbocycles. The summed E-state index contributed by atoms with van der Waals surface area (Å²) in [7, 11) is 0. The van der Waals surface area contributed by atoms with Crippen molar-refractivity contribution in [1.29, 1.82) is 0 Å². The van der Waals surface area contributed by atoms with Crippen molar-refractivity contribution in [1.82, 2.24) is 0 Å². The number of aryl methyl sites for hydroxylation is 1. The van der Waals surface area contributed by atoms with Crippen LogP contribution in [-0.2, 0) is 16.6 Å². The first-order chi connectivity index (χ1) is 10.3. The van der Waals surface area contributed by atoms with E-state index in [9.17, 15) is 9.90 Å². The van der Waals surface area contributed by atoms with Crippen LogP contribution in [0.15, 0.2) is 18.2 Å². The number of hydrogen-bond acceptors (Lipinski definition) is 2. The normalized spacial score (nSPS) is 32.7. The van der Waals surface area contributed by atoms with Crippen molar-refractivity contribution < 1.29 is 39.5 Å². The second kappa shape index (κ2) is 6.54. The van der Waals surface area contributed by atoms with E-state index in [-0.39, 0.29) is 40.9 Å². The van der Waals surface area contributed by atoms with Crippen LogP contribution in [0.1, 0.15) is 76.0 Å². The van der Waals surface area contributed by atoms with Gasteiger partial charge >= 0.3 is 29.6 Å². The Morgan fingerprint density at radius 3 is 2.57 bits per heavy atom. The predicted octanol–water partition coefficient (Wildman–Crippen LogP) is 0.574. The molecule has 0 aliphatic heterocycles.